The Morgan fingerprint density at radius 2 is 0.744 bits per heavy atom. The average Bonchev–Trinajstić information content (AvgIpc) is 3.66. The fourth-order valence-electron chi connectivity index (χ4n) is 5.16. The van der Waals surface area contributed by atoms with E-state index in [9.17, 15) is 0 Å². The van der Waals surface area contributed by atoms with Gasteiger partial charge >= 0.3 is 0 Å². The average molecular weight is 731 g/mol. The molecule has 0 aliphatic rings. The van der Waals surface area contributed by atoms with Crippen molar-refractivity contribution >= 4 is 22.1 Å². The third-order valence-electron chi connectivity index (χ3n) is 7.06. The van der Waals surface area contributed by atoms with Gasteiger partial charge in [0.2, 0.25) is 0 Å². The fourth-order valence-corrected chi connectivity index (χ4v) is 5.16. The summed E-state index contributed by atoms with van der Waals surface area (Å²) in [5.74, 6) is 1.89. The maximum Gasteiger partial charge on any atom is 0.131 e. The molecule has 4 nitrogen and oxygen atoms in total. The molecule has 0 spiro atoms. The molecular formula is C38H26IrN4-2. The van der Waals surface area contributed by atoms with Gasteiger partial charge in [0.1, 0.15) is 11.6 Å². The minimum Gasteiger partial charge on any atom is -0.348 e. The number of nitrogens with zero attached hydrogens (tertiary/aromatic N) is 4. The zero-order valence-electron chi connectivity index (χ0n) is 23.1. The number of para-hydroxylation sites is 4. The van der Waals surface area contributed by atoms with Crippen LogP contribution in [0.15, 0.2) is 158 Å². The number of rotatable bonds is 4. The summed E-state index contributed by atoms with van der Waals surface area (Å²) in [6, 6.07) is 59.5. The molecule has 0 unspecified atom stereocenters. The van der Waals surface area contributed by atoms with E-state index >= 15 is 0 Å². The van der Waals surface area contributed by atoms with Gasteiger partial charge in [0.25, 0.3) is 0 Å². The van der Waals surface area contributed by atoms with E-state index in [4.69, 9.17) is 9.97 Å². The molecule has 2 heterocycles. The third-order valence-corrected chi connectivity index (χ3v) is 7.06. The molecule has 0 saturated carbocycles. The second-order valence-corrected chi connectivity index (χ2v) is 9.75. The van der Waals surface area contributed by atoms with E-state index in [-0.39, 0.29) is 20.1 Å². The predicted octanol–water partition coefficient (Wildman–Crippen LogP) is 8.98. The van der Waals surface area contributed by atoms with Gasteiger partial charge in [0.05, 0.1) is 0 Å². The van der Waals surface area contributed by atoms with Crippen LogP contribution in [0.25, 0.3) is 56.2 Å². The smallest absolute Gasteiger partial charge is 0.131 e. The Kier molecular flexibility index (Phi) is 8.37. The third kappa shape index (κ3) is 5.69. The molecule has 0 bridgehead atoms. The SMILES string of the molecule is [Ir].[c-]1cccc2c1nc(-c1ccccc1)n2-c1ccccc1.[c-]1cccc2c1nc(-c1ccccc1)n2-c1ccccc1. The van der Waals surface area contributed by atoms with Crippen molar-refractivity contribution in [2.75, 3.05) is 0 Å². The monoisotopic (exact) mass is 731 g/mol. The van der Waals surface area contributed by atoms with Crippen molar-refractivity contribution in [3.05, 3.63) is 170 Å². The molecule has 0 aliphatic carbocycles. The van der Waals surface area contributed by atoms with Crippen LogP contribution in [0.5, 0.6) is 0 Å². The van der Waals surface area contributed by atoms with E-state index in [0.717, 1.165) is 56.2 Å². The molecule has 0 saturated heterocycles. The molecule has 2 aromatic heterocycles. The number of aromatic nitrogens is 4. The molecule has 0 amide bonds. The predicted molar refractivity (Wildman–Crippen MR) is 171 cm³/mol. The topological polar surface area (TPSA) is 35.6 Å². The molecular weight excluding hydrogens is 705 g/mol. The van der Waals surface area contributed by atoms with E-state index in [1.807, 2.05) is 97.1 Å². The van der Waals surface area contributed by atoms with Crippen LogP contribution in [0.2, 0.25) is 0 Å². The van der Waals surface area contributed by atoms with Gasteiger partial charge in [-0.3, -0.25) is 9.97 Å². The van der Waals surface area contributed by atoms with Crippen LogP contribution in [-0.2, 0) is 20.1 Å². The first-order valence-corrected chi connectivity index (χ1v) is 13.9. The molecule has 8 rings (SSSR count). The molecule has 209 valence electrons. The zero-order valence-corrected chi connectivity index (χ0v) is 25.5. The molecule has 8 aromatic rings. The van der Waals surface area contributed by atoms with Gasteiger partial charge in [-0.1, -0.05) is 97.1 Å². The molecule has 0 atom stereocenters. The fraction of sp³-hybridized carbons (Fsp3) is 0. The van der Waals surface area contributed by atoms with Crippen molar-refractivity contribution in [1.82, 2.24) is 19.1 Å². The van der Waals surface area contributed by atoms with Crippen LogP contribution < -0.4 is 0 Å². The molecule has 5 heteroatoms. The Labute approximate surface area is 264 Å². The second-order valence-electron chi connectivity index (χ2n) is 9.75. The van der Waals surface area contributed by atoms with E-state index in [0.29, 0.717) is 0 Å². The number of fused-ring (bicyclic) bond motifs is 2. The van der Waals surface area contributed by atoms with E-state index in [1.54, 1.807) is 0 Å². The maximum absolute atomic E-state index is 4.77. The Bertz CT molecular complexity index is 1910. The van der Waals surface area contributed by atoms with Crippen molar-refractivity contribution < 1.29 is 20.1 Å². The van der Waals surface area contributed by atoms with Crippen LogP contribution in [0, 0.1) is 12.1 Å². The normalized spacial score (nSPS) is 10.6. The summed E-state index contributed by atoms with van der Waals surface area (Å²) in [7, 11) is 0. The van der Waals surface area contributed by atoms with Gasteiger partial charge in [-0.25, -0.2) is 0 Å². The summed E-state index contributed by atoms with van der Waals surface area (Å²) < 4.78 is 4.36. The first-order chi connectivity index (χ1) is 20.9. The standard InChI is InChI=1S/2C19H13N2.Ir/c2*1-3-9-15(10-4-1)19-20-17-13-7-8-14-18(17)21(19)16-11-5-2-6-12-16;/h2*1-12,14H;/q2*-1;. The summed E-state index contributed by atoms with van der Waals surface area (Å²) in [5, 5.41) is 0. The molecule has 1 radical (unpaired) electrons. The Hall–Kier alpha value is -5.09. The zero-order chi connectivity index (χ0) is 28.1. The minimum absolute atomic E-state index is 0. The van der Waals surface area contributed by atoms with Gasteiger partial charge in [-0.05, 0) is 46.3 Å². The summed E-state index contributed by atoms with van der Waals surface area (Å²) in [6.45, 7) is 0. The quantitative estimate of drug-likeness (QED) is 0.170. The van der Waals surface area contributed by atoms with Crippen molar-refractivity contribution in [1.29, 1.82) is 0 Å². The summed E-state index contributed by atoms with van der Waals surface area (Å²) >= 11 is 0. The van der Waals surface area contributed by atoms with E-state index < -0.39 is 0 Å². The molecule has 0 N–H and O–H groups in total. The van der Waals surface area contributed by atoms with Crippen LogP contribution >= 0.6 is 0 Å². The number of hydrogen-bond donors (Lipinski definition) is 0. The number of hydrogen-bond acceptors (Lipinski definition) is 2. The van der Waals surface area contributed by atoms with Gasteiger partial charge in [-0.2, -0.15) is 36.4 Å². The molecule has 0 aliphatic heterocycles. The first-order valence-electron chi connectivity index (χ1n) is 13.9. The van der Waals surface area contributed by atoms with Crippen molar-refractivity contribution in [2.45, 2.75) is 0 Å². The molecule has 43 heavy (non-hydrogen) atoms. The van der Waals surface area contributed by atoms with Gasteiger partial charge in [0, 0.05) is 42.6 Å². The van der Waals surface area contributed by atoms with E-state index in [2.05, 4.69) is 81.9 Å². The van der Waals surface area contributed by atoms with Crippen LogP contribution in [0.3, 0.4) is 0 Å². The minimum atomic E-state index is 0. The Morgan fingerprint density at radius 1 is 0.395 bits per heavy atom. The van der Waals surface area contributed by atoms with Crippen molar-refractivity contribution in [3.8, 4) is 34.2 Å². The summed E-state index contributed by atoms with van der Waals surface area (Å²) in [6.07, 6.45) is 0. The van der Waals surface area contributed by atoms with Crippen molar-refractivity contribution in [3.63, 3.8) is 0 Å². The summed E-state index contributed by atoms with van der Waals surface area (Å²) in [4.78, 5) is 9.53. The Balaban J connectivity index is 0.000000150. The number of imidazole rings is 2. The Morgan fingerprint density at radius 3 is 1.12 bits per heavy atom. The van der Waals surface area contributed by atoms with Crippen molar-refractivity contribution in [2.24, 2.45) is 0 Å². The number of benzene rings is 6. The van der Waals surface area contributed by atoms with Crippen LogP contribution in [-0.4, -0.2) is 19.1 Å². The molecule has 6 aromatic carbocycles. The van der Waals surface area contributed by atoms with Gasteiger partial charge in [-0.15, -0.1) is 12.1 Å². The second kappa shape index (κ2) is 12.8. The van der Waals surface area contributed by atoms with Gasteiger partial charge in [0.15, 0.2) is 0 Å². The van der Waals surface area contributed by atoms with E-state index in [1.165, 1.54) is 0 Å². The van der Waals surface area contributed by atoms with Crippen LogP contribution in [0.4, 0.5) is 0 Å². The maximum atomic E-state index is 4.77. The summed E-state index contributed by atoms with van der Waals surface area (Å²) in [5.41, 5.74) is 8.35. The first kappa shape index (κ1) is 28.0. The van der Waals surface area contributed by atoms with Gasteiger partial charge < -0.3 is 9.13 Å². The largest absolute Gasteiger partial charge is 0.348 e. The molecule has 0 fully saturated rings. The van der Waals surface area contributed by atoms with Crippen LogP contribution in [0.1, 0.15) is 0 Å².